The highest BCUT2D eigenvalue weighted by atomic mass is 35.5. The van der Waals surface area contributed by atoms with Crippen molar-refractivity contribution in [2.75, 3.05) is 12.4 Å². The Kier molecular flexibility index (Phi) is 5.86. The number of hydrogen-bond acceptors (Lipinski definition) is 2. The molecule has 0 bridgehead atoms. The predicted molar refractivity (Wildman–Crippen MR) is 96.2 cm³/mol. The number of carbonyl (C=O) groups excluding carboxylic acids is 1. The van der Waals surface area contributed by atoms with Crippen molar-refractivity contribution in [3.63, 3.8) is 0 Å². The van der Waals surface area contributed by atoms with E-state index in [-0.39, 0.29) is 16.6 Å². The van der Waals surface area contributed by atoms with Crippen LogP contribution in [0.5, 0.6) is 5.75 Å². The van der Waals surface area contributed by atoms with Gasteiger partial charge in [0.05, 0.1) is 23.4 Å². The van der Waals surface area contributed by atoms with E-state index < -0.39 is 17.6 Å². The molecule has 1 amide bonds. The standard InChI is InChI=1S/C19H19ClF3NO2/c1-10(2)13-9-14(11(3)7-17(13)26-4)18(25)24-16-8-12(19(21,22)23)5-6-15(16)20/h5-10H,1-4H3,(H,24,25). The van der Waals surface area contributed by atoms with Gasteiger partial charge in [-0.3, -0.25) is 4.79 Å². The van der Waals surface area contributed by atoms with Crippen LogP contribution >= 0.6 is 11.6 Å². The van der Waals surface area contributed by atoms with Crippen LogP contribution in [0.3, 0.4) is 0 Å². The minimum Gasteiger partial charge on any atom is -0.496 e. The maximum atomic E-state index is 12.9. The normalized spacial score (nSPS) is 11.6. The molecule has 0 aliphatic heterocycles. The summed E-state index contributed by atoms with van der Waals surface area (Å²) < 4.78 is 44.0. The Hall–Kier alpha value is -2.21. The van der Waals surface area contributed by atoms with Gasteiger partial charge in [-0.2, -0.15) is 13.2 Å². The van der Waals surface area contributed by atoms with Crippen LogP contribution in [0, 0.1) is 6.92 Å². The molecule has 0 aliphatic rings. The van der Waals surface area contributed by atoms with Gasteiger partial charge in [0.1, 0.15) is 5.75 Å². The Morgan fingerprint density at radius 1 is 1.19 bits per heavy atom. The Labute approximate surface area is 155 Å². The Balaban J connectivity index is 2.41. The number of amides is 1. The number of ether oxygens (including phenoxy) is 1. The highest BCUT2D eigenvalue weighted by Gasteiger charge is 2.31. The van der Waals surface area contributed by atoms with Crippen LogP contribution in [-0.2, 0) is 6.18 Å². The zero-order valence-corrected chi connectivity index (χ0v) is 15.5. The van der Waals surface area contributed by atoms with Gasteiger partial charge in [0.15, 0.2) is 0 Å². The number of halogens is 4. The molecule has 0 fully saturated rings. The van der Waals surface area contributed by atoms with Crippen LogP contribution in [0.25, 0.3) is 0 Å². The highest BCUT2D eigenvalue weighted by molar-refractivity contribution is 6.34. The lowest BCUT2D eigenvalue weighted by Gasteiger charge is -2.17. The van der Waals surface area contributed by atoms with Gasteiger partial charge < -0.3 is 10.1 Å². The maximum absolute atomic E-state index is 12.9. The quantitative estimate of drug-likeness (QED) is 0.695. The number of aryl methyl sites for hydroxylation is 1. The molecule has 0 aromatic heterocycles. The zero-order chi connectivity index (χ0) is 19.6. The van der Waals surface area contributed by atoms with Crippen molar-refractivity contribution in [1.29, 1.82) is 0 Å². The fourth-order valence-corrected chi connectivity index (χ4v) is 2.72. The second-order valence-corrected chi connectivity index (χ2v) is 6.62. The van der Waals surface area contributed by atoms with Crippen molar-refractivity contribution >= 4 is 23.2 Å². The largest absolute Gasteiger partial charge is 0.496 e. The van der Waals surface area contributed by atoms with Crippen molar-refractivity contribution < 1.29 is 22.7 Å². The van der Waals surface area contributed by atoms with Gasteiger partial charge in [-0.05, 0) is 54.3 Å². The van der Waals surface area contributed by atoms with Crippen molar-refractivity contribution in [2.45, 2.75) is 32.9 Å². The van der Waals surface area contributed by atoms with Gasteiger partial charge in [0.25, 0.3) is 5.91 Å². The van der Waals surface area contributed by atoms with Crippen LogP contribution in [0.1, 0.15) is 46.8 Å². The zero-order valence-electron chi connectivity index (χ0n) is 14.8. The van der Waals surface area contributed by atoms with E-state index in [1.807, 2.05) is 13.8 Å². The van der Waals surface area contributed by atoms with Crippen molar-refractivity contribution in [1.82, 2.24) is 0 Å². The molecule has 7 heteroatoms. The summed E-state index contributed by atoms with van der Waals surface area (Å²) in [4.78, 5) is 12.6. The van der Waals surface area contributed by atoms with E-state index in [0.717, 1.165) is 23.8 Å². The second-order valence-electron chi connectivity index (χ2n) is 6.21. The van der Waals surface area contributed by atoms with Crippen molar-refractivity contribution in [2.24, 2.45) is 0 Å². The first kappa shape index (κ1) is 20.1. The fourth-order valence-electron chi connectivity index (χ4n) is 2.56. The van der Waals surface area contributed by atoms with E-state index in [9.17, 15) is 18.0 Å². The van der Waals surface area contributed by atoms with Crippen LogP contribution in [0.2, 0.25) is 5.02 Å². The van der Waals surface area contributed by atoms with E-state index in [0.29, 0.717) is 16.9 Å². The molecule has 0 saturated carbocycles. The van der Waals surface area contributed by atoms with Gasteiger partial charge in [-0.15, -0.1) is 0 Å². The topological polar surface area (TPSA) is 38.3 Å². The summed E-state index contributed by atoms with van der Waals surface area (Å²) in [5.41, 5.74) is 0.854. The number of rotatable bonds is 4. The monoisotopic (exact) mass is 385 g/mol. The number of carbonyl (C=O) groups is 1. The summed E-state index contributed by atoms with van der Waals surface area (Å²) in [6.45, 7) is 5.65. The molecule has 0 radical (unpaired) electrons. The molecule has 2 aromatic carbocycles. The molecule has 0 spiro atoms. The molecule has 0 unspecified atom stereocenters. The SMILES string of the molecule is COc1cc(C)c(C(=O)Nc2cc(C(F)(F)F)ccc2Cl)cc1C(C)C. The number of methoxy groups -OCH3 is 1. The molecular weight excluding hydrogens is 367 g/mol. The van der Waals surface area contributed by atoms with E-state index in [1.54, 1.807) is 26.2 Å². The minimum absolute atomic E-state index is 0.0293. The Morgan fingerprint density at radius 2 is 1.85 bits per heavy atom. The summed E-state index contributed by atoms with van der Waals surface area (Å²) in [6.07, 6.45) is -4.52. The molecule has 1 N–H and O–H groups in total. The number of anilines is 1. The van der Waals surface area contributed by atoms with Crippen LogP contribution < -0.4 is 10.1 Å². The lowest BCUT2D eigenvalue weighted by atomic mass is 9.96. The van der Waals surface area contributed by atoms with E-state index in [1.165, 1.54) is 0 Å². The molecule has 0 atom stereocenters. The Morgan fingerprint density at radius 3 is 2.38 bits per heavy atom. The summed E-state index contributed by atoms with van der Waals surface area (Å²) in [5, 5.41) is 2.50. The molecule has 2 rings (SSSR count). The highest BCUT2D eigenvalue weighted by Crippen LogP contribution is 2.34. The third-order valence-electron chi connectivity index (χ3n) is 3.99. The molecule has 0 saturated heterocycles. The van der Waals surface area contributed by atoms with Crippen LogP contribution in [0.4, 0.5) is 18.9 Å². The van der Waals surface area contributed by atoms with Crippen molar-refractivity contribution in [3.05, 3.63) is 57.6 Å². The van der Waals surface area contributed by atoms with Gasteiger partial charge in [0, 0.05) is 5.56 Å². The van der Waals surface area contributed by atoms with Gasteiger partial charge in [-0.1, -0.05) is 25.4 Å². The van der Waals surface area contributed by atoms with Crippen LogP contribution in [-0.4, -0.2) is 13.0 Å². The van der Waals surface area contributed by atoms with Gasteiger partial charge in [0.2, 0.25) is 0 Å². The first-order chi connectivity index (χ1) is 12.0. The number of nitrogens with one attached hydrogen (secondary N) is 1. The molecule has 26 heavy (non-hydrogen) atoms. The number of benzene rings is 2. The minimum atomic E-state index is -4.52. The first-order valence-corrected chi connectivity index (χ1v) is 8.29. The fraction of sp³-hybridized carbons (Fsp3) is 0.316. The molecule has 0 aliphatic carbocycles. The molecular formula is C19H19ClF3NO2. The predicted octanol–water partition coefficient (Wildman–Crippen LogP) is 6.05. The molecule has 2 aromatic rings. The van der Waals surface area contributed by atoms with Gasteiger partial charge >= 0.3 is 6.18 Å². The second kappa shape index (κ2) is 7.58. The third-order valence-corrected chi connectivity index (χ3v) is 4.31. The maximum Gasteiger partial charge on any atom is 0.416 e. The van der Waals surface area contributed by atoms with Crippen molar-refractivity contribution in [3.8, 4) is 5.75 Å². The Bertz CT molecular complexity index is 832. The number of alkyl halides is 3. The van der Waals surface area contributed by atoms with Crippen LogP contribution in [0.15, 0.2) is 30.3 Å². The molecule has 3 nitrogen and oxygen atoms in total. The lowest BCUT2D eigenvalue weighted by Crippen LogP contribution is -2.15. The average Bonchev–Trinajstić information content (AvgIpc) is 2.54. The summed E-state index contributed by atoms with van der Waals surface area (Å²) in [6, 6.07) is 6.23. The first-order valence-electron chi connectivity index (χ1n) is 7.91. The lowest BCUT2D eigenvalue weighted by molar-refractivity contribution is -0.137. The summed E-state index contributed by atoms with van der Waals surface area (Å²) >= 11 is 5.94. The smallest absolute Gasteiger partial charge is 0.416 e. The van der Waals surface area contributed by atoms with E-state index in [2.05, 4.69) is 5.32 Å². The summed E-state index contributed by atoms with van der Waals surface area (Å²) in [5.74, 6) is 0.230. The summed E-state index contributed by atoms with van der Waals surface area (Å²) in [7, 11) is 1.54. The third kappa shape index (κ3) is 4.30. The van der Waals surface area contributed by atoms with E-state index >= 15 is 0 Å². The average molecular weight is 386 g/mol. The van der Waals surface area contributed by atoms with E-state index in [4.69, 9.17) is 16.3 Å². The molecule has 140 valence electrons. The van der Waals surface area contributed by atoms with Gasteiger partial charge in [-0.25, -0.2) is 0 Å². The number of hydrogen-bond donors (Lipinski definition) is 1. The molecule has 0 heterocycles.